The summed E-state index contributed by atoms with van der Waals surface area (Å²) in [6, 6.07) is 13.7. The molecule has 7 atom stereocenters. The van der Waals surface area contributed by atoms with Gasteiger partial charge in [0.05, 0.1) is 61.9 Å². The highest BCUT2D eigenvalue weighted by atomic mass is 16.5. The lowest BCUT2D eigenvalue weighted by Crippen LogP contribution is -2.52. The molecule has 0 unspecified atom stereocenters. The second-order valence-electron chi connectivity index (χ2n) is 18.1. The quantitative estimate of drug-likeness (QED) is 0.0797. The third kappa shape index (κ3) is 8.62. The summed E-state index contributed by atoms with van der Waals surface area (Å²) in [6.45, 7) is 12.4. The maximum atomic E-state index is 14.0. The van der Waals surface area contributed by atoms with E-state index in [1.165, 1.54) is 14.2 Å². The number of hydrogen-bond donors (Lipinski definition) is 4. The first-order valence-electron chi connectivity index (χ1n) is 22.5. The smallest absolute Gasteiger partial charge is 0.407 e. The second-order valence-corrected chi connectivity index (χ2v) is 18.1. The molecule has 3 fully saturated rings. The predicted molar refractivity (Wildman–Crippen MR) is 248 cm³/mol. The Labute approximate surface area is 378 Å². The van der Waals surface area contributed by atoms with E-state index >= 15 is 0 Å². The Morgan fingerprint density at radius 1 is 0.954 bits per heavy atom. The molecule has 4 N–H and O–H groups in total. The molecule has 15 heteroatoms. The average molecular weight is 883 g/mol. The van der Waals surface area contributed by atoms with E-state index in [9.17, 15) is 14.4 Å². The Morgan fingerprint density at radius 2 is 1.77 bits per heavy atom. The monoisotopic (exact) mass is 882 g/mol. The van der Waals surface area contributed by atoms with Crippen LogP contribution in [0.5, 0.6) is 5.75 Å². The summed E-state index contributed by atoms with van der Waals surface area (Å²) < 4.78 is 21.9. The number of carbonyl (C=O) groups excluding carboxylic acids is 3. The van der Waals surface area contributed by atoms with Gasteiger partial charge in [-0.2, -0.15) is 0 Å². The molecule has 0 radical (unpaired) electrons. The Kier molecular flexibility index (Phi) is 12.3. The number of H-pyrrole nitrogens is 2. The van der Waals surface area contributed by atoms with E-state index in [4.69, 9.17) is 28.9 Å². The van der Waals surface area contributed by atoms with Gasteiger partial charge >= 0.3 is 12.2 Å². The number of hydrogen-bond acceptors (Lipinski definition) is 10. The van der Waals surface area contributed by atoms with Crippen LogP contribution in [0.4, 0.5) is 9.59 Å². The molecule has 0 spiro atoms. The molecule has 2 saturated heterocycles. The lowest BCUT2D eigenvalue weighted by atomic mass is 9.92. The van der Waals surface area contributed by atoms with Crippen molar-refractivity contribution in [3.63, 3.8) is 0 Å². The molecule has 1 saturated carbocycles. The van der Waals surface area contributed by atoms with E-state index in [0.717, 1.165) is 98.5 Å². The molecule has 4 aliphatic rings. The number of aromatic nitrogens is 4. The zero-order chi connectivity index (χ0) is 45.5. The van der Waals surface area contributed by atoms with Crippen LogP contribution in [-0.2, 0) is 25.6 Å². The number of nitrogens with one attached hydrogen (secondary N) is 4. The van der Waals surface area contributed by atoms with E-state index in [1.54, 1.807) is 7.11 Å². The number of amides is 3. The van der Waals surface area contributed by atoms with Crippen molar-refractivity contribution >= 4 is 39.9 Å². The van der Waals surface area contributed by atoms with Crippen molar-refractivity contribution in [2.24, 2.45) is 17.8 Å². The number of alkyl carbamates (subject to hydrolysis) is 2. The number of benzene rings is 3. The highest BCUT2D eigenvalue weighted by Gasteiger charge is 2.56. The number of ether oxygens (including phenoxy) is 4. The number of likely N-dealkylation sites (tertiary alicyclic amines) is 2. The van der Waals surface area contributed by atoms with Crippen LogP contribution < -0.4 is 15.4 Å². The number of piperidine rings is 1. The van der Waals surface area contributed by atoms with Gasteiger partial charge in [0.1, 0.15) is 30.0 Å². The topological polar surface area (TPSA) is 176 Å². The minimum atomic E-state index is -0.695. The van der Waals surface area contributed by atoms with Gasteiger partial charge in [-0.1, -0.05) is 56.9 Å². The van der Waals surface area contributed by atoms with Crippen LogP contribution in [-0.4, -0.2) is 107 Å². The zero-order valence-corrected chi connectivity index (χ0v) is 37.9. The van der Waals surface area contributed by atoms with Gasteiger partial charge in [0.25, 0.3) is 0 Å². The number of rotatable bonds is 14. The van der Waals surface area contributed by atoms with Crippen LogP contribution in [0, 0.1) is 17.8 Å². The summed E-state index contributed by atoms with van der Waals surface area (Å²) in [5.74, 6) is 2.89. The molecule has 65 heavy (non-hydrogen) atoms. The van der Waals surface area contributed by atoms with E-state index in [0.29, 0.717) is 25.7 Å². The largest absolute Gasteiger partial charge is 0.488 e. The normalized spacial score (nSPS) is 22.2. The van der Waals surface area contributed by atoms with E-state index in [2.05, 4.69) is 74.5 Å². The molecular weight excluding hydrogens is 825 g/mol. The fraction of sp³-hybridized carbons (Fsp3) is 0.420. The molecule has 340 valence electrons. The summed E-state index contributed by atoms with van der Waals surface area (Å²) in [5, 5.41) is 7.81. The first-order valence-corrected chi connectivity index (χ1v) is 22.5. The van der Waals surface area contributed by atoms with Gasteiger partial charge in [-0.05, 0) is 96.4 Å². The van der Waals surface area contributed by atoms with Crippen molar-refractivity contribution in [3.8, 4) is 28.1 Å². The van der Waals surface area contributed by atoms with Crippen molar-refractivity contribution in [2.45, 2.75) is 76.8 Å². The van der Waals surface area contributed by atoms with Gasteiger partial charge in [0, 0.05) is 42.8 Å². The Hall–Kier alpha value is -6.45. The number of carbonyl (C=O) groups is 3. The van der Waals surface area contributed by atoms with Gasteiger partial charge in [-0.3, -0.25) is 9.69 Å². The predicted octanol–water partition coefficient (Wildman–Crippen LogP) is 8.13. The number of methoxy groups -OCH3 is 3. The summed E-state index contributed by atoms with van der Waals surface area (Å²) in [5.41, 5.74) is 7.55. The van der Waals surface area contributed by atoms with Gasteiger partial charge in [0.15, 0.2) is 0 Å². The highest BCUT2D eigenvalue weighted by Crippen LogP contribution is 2.54. The number of imidazole rings is 2. The molecule has 3 amide bonds. The molecule has 3 aliphatic heterocycles. The van der Waals surface area contributed by atoms with Gasteiger partial charge in [0.2, 0.25) is 5.91 Å². The third-order valence-electron chi connectivity index (χ3n) is 13.5. The summed E-state index contributed by atoms with van der Waals surface area (Å²) >= 11 is 0. The Morgan fingerprint density at radius 3 is 2.54 bits per heavy atom. The van der Waals surface area contributed by atoms with Gasteiger partial charge in [-0.15, -0.1) is 0 Å². The Balaban J connectivity index is 0.956. The molecule has 5 aromatic rings. The molecular formula is C50H58N8O7. The number of nitrogens with zero attached hydrogens (tertiary/aromatic N) is 4. The fourth-order valence-corrected chi connectivity index (χ4v) is 10.1. The van der Waals surface area contributed by atoms with Crippen molar-refractivity contribution in [3.05, 3.63) is 102 Å². The van der Waals surface area contributed by atoms with Crippen molar-refractivity contribution in [1.29, 1.82) is 0 Å². The van der Waals surface area contributed by atoms with E-state index in [-0.39, 0.29) is 41.9 Å². The van der Waals surface area contributed by atoms with E-state index in [1.807, 2.05) is 56.2 Å². The number of allylic oxidation sites excluding steroid dienone is 3. The van der Waals surface area contributed by atoms with Crippen LogP contribution in [0.15, 0.2) is 85.1 Å². The average Bonchev–Trinajstić information content (AvgIpc) is 3.75. The summed E-state index contributed by atoms with van der Waals surface area (Å²) in [6.07, 6.45) is 11.1. The molecule has 1 aliphatic carbocycles. The van der Waals surface area contributed by atoms with Crippen molar-refractivity contribution < 1.29 is 33.3 Å². The molecule has 0 bridgehead atoms. The highest BCUT2D eigenvalue weighted by molar-refractivity contribution is 6.06. The lowest BCUT2D eigenvalue weighted by Gasteiger charge is -2.31. The SMILES string of the molecule is C=C(/C=C\C=C/C)[C@H](CN1C[C@@H](COC)C[C@H]1c1ncc(-c2ccc3c(c2)OCc2cc4c(ccc5[nH]c([C@@H]6C[C@H]7C[C@H]7N6C(=O)[C@@H](NC(=O)OC)C(C)C)nc54)cc2-3)[nH]1)NC(=O)OC. The standard InChI is InChI=1S/C50H58N8O7/c1-8-9-10-11-28(4)39(54-49(60)63-6)24-57-23-29(25-62-5)16-41(57)46-51-22-38(53-46)31-12-14-34-35-17-30-13-15-37-45(36(30)18-33(35)26-65-43(34)21-31)55-47(52-37)42-20-32-19-40(32)58(42)48(59)44(27(2)3)56-50(61)64-7/h8-15,17-18,21-22,27,29,32,39-42,44H,4,16,19-20,23-26H2,1-3,5-7H3,(H,51,53)(H,52,55)(H,54,60)(H,56,61)/b9-8-,11-10-/t29-,32+,39-,40+,41-,42-,44-/m0/s1. The maximum absolute atomic E-state index is 14.0. The number of aromatic amines is 2. The third-order valence-corrected chi connectivity index (χ3v) is 13.5. The fourth-order valence-electron chi connectivity index (χ4n) is 10.1. The minimum Gasteiger partial charge on any atom is -0.488 e. The molecule has 5 heterocycles. The zero-order valence-electron chi connectivity index (χ0n) is 37.9. The van der Waals surface area contributed by atoms with E-state index < -0.39 is 18.2 Å². The van der Waals surface area contributed by atoms with Crippen LogP contribution in [0.25, 0.3) is 44.2 Å². The van der Waals surface area contributed by atoms with Gasteiger partial charge in [-0.25, -0.2) is 19.6 Å². The minimum absolute atomic E-state index is 0.0398. The molecule has 9 rings (SSSR count). The second kappa shape index (κ2) is 18.2. The first-order chi connectivity index (χ1) is 31.5. The van der Waals surface area contributed by atoms with Crippen LogP contribution >= 0.6 is 0 Å². The maximum Gasteiger partial charge on any atom is 0.407 e. The van der Waals surface area contributed by atoms with Crippen molar-refractivity contribution in [2.75, 3.05) is 41.0 Å². The van der Waals surface area contributed by atoms with Gasteiger partial charge < -0.3 is 44.4 Å². The van der Waals surface area contributed by atoms with Crippen LogP contribution in [0.3, 0.4) is 0 Å². The van der Waals surface area contributed by atoms with Crippen LogP contribution in [0.2, 0.25) is 0 Å². The molecule has 3 aromatic carbocycles. The Bertz CT molecular complexity index is 2700. The molecule has 15 nitrogen and oxygen atoms in total. The van der Waals surface area contributed by atoms with Crippen molar-refractivity contribution in [1.82, 2.24) is 40.4 Å². The summed E-state index contributed by atoms with van der Waals surface area (Å²) in [4.78, 5) is 60.2. The number of fused-ring (bicyclic) bond motifs is 7. The van der Waals surface area contributed by atoms with Crippen LogP contribution in [0.1, 0.15) is 69.3 Å². The first kappa shape index (κ1) is 43.8. The lowest BCUT2D eigenvalue weighted by molar-refractivity contribution is -0.136. The molecule has 2 aromatic heterocycles. The summed E-state index contributed by atoms with van der Waals surface area (Å²) in [7, 11) is 4.39.